The molecule has 0 atom stereocenters. The van der Waals surface area contributed by atoms with E-state index in [-0.39, 0.29) is 23.1 Å². The molecule has 94 valence electrons. The van der Waals surface area contributed by atoms with Gasteiger partial charge in [-0.3, -0.25) is 4.72 Å². The Labute approximate surface area is 99.7 Å². The largest absolute Gasteiger partial charge is 0.476 e. The Bertz CT molecular complexity index is 511. The van der Waals surface area contributed by atoms with Crippen LogP contribution >= 0.6 is 0 Å². The molecule has 17 heavy (non-hydrogen) atoms. The van der Waals surface area contributed by atoms with E-state index in [0.29, 0.717) is 0 Å². The number of hydrogen-bond donors (Lipinski definition) is 2. The third-order valence-corrected chi connectivity index (χ3v) is 3.46. The molecule has 1 rings (SSSR count). The summed E-state index contributed by atoms with van der Waals surface area (Å²) in [6, 6.07) is 2.84. The van der Waals surface area contributed by atoms with Crippen molar-refractivity contribution in [3.63, 3.8) is 0 Å². The zero-order valence-electron chi connectivity index (χ0n) is 9.54. The molecule has 0 aliphatic carbocycles. The summed E-state index contributed by atoms with van der Waals surface area (Å²) in [6.07, 6.45) is 1.30. The average Bonchev–Trinajstić information content (AvgIpc) is 2.14. The topological polar surface area (TPSA) is 96.4 Å². The van der Waals surface area contributed by atoms with Gasteiger partial charge in [-0.2, -0.15) is 0 Å². The van der Waals surface area contributed by atoms with Gasteiger partial charge in [0.05, 0.1) is 11.4 Å². The number of hydrogen-bond acceptors (Lipinski definition) is 4. The Morgan fingerprint density at radius 1 is 1.53 bits per heavy atom. The number of nitrogens with zero attached hydrogens (tertiary/aromatic N) is 1. The molecule has 1 aromatic rings. The molecule has 0 bridgehead atoms. The van der Waals surface area contributed by atoms with Gasteiger partial charge in [0, 0.05) is 6.20 Å². The van der Waals surface area contributed by atoms with Crippen molar-refractivity contribution in [1.82, 2.24) is 4.98 Å². The molecule has 1 heterocycles. The van der Waals surface area contributed by atoms with Crippen LogP contribution in [0.5, 0.6) is 0 Å². The highest BCUT2D eigenvalue weighted by atomic mass is 32.2. The van der Waals surface area contributed by atoms with Crippen molar-refractivity contribution in [2.45, 2.75) is 13.8 Å². The number of carboxylic acid groups (broad SMARTS) is 1. The monoisotopic (exact) mass is 258 g/mol. The first kappa shape index (κ1) is 13.4. The zero-order chi connectivity index (χ0) is 13.1. The molecular formula is C10H14N2O4S. The summed E-state index contributed by atoms with van der Waals surface area (Å²) in [4.78, 5) is 14.4. The summed E-state index contributed by atoms with van der Waals surface area (Å²) in [5, 5.41) is 8.85. The molecule has 7 heteroatoms. The molecule has 0 unspecified atom stereocenters. The Balaban J connectivity index is 3.00. The number of carboxylic acids is 1. The number of nitrogens with one attached hydrogen (secondary N) is 1. The van der Waals surface area contributed by atoms with Crippen molar-refractivity contribution in [3.8, 4) is 0 Å². The van der Waals surface area contributed by atoms with Gasteiger partial charge in [0.2, 0.25) is 10.0 Å². The Morgan fingerprint density at radius 2 is 2.18 bits per heavy atom. The molecule has 0 radical (unpaired) electrons. The first-order valence-electron chi connectivity index (χ1n) is 5.00. The minimum Gasteiger partial charge on any atom is -0.476 e. The van der Waals surface area contributed by atoms with Crippen LogP contribution in [0.15, 0.2) is 18.3 Å². The normalized spacial score (nSPS) is 11.5. The summed E-state index contributed by atoms with van der Waals surface area (Å²) in [5.74, 6) is -1.38. The number of carbonyl (C=O) groups is 1. The van der Waals surface area contributed by atoms with Crippen LogP contribution in [-0.2, 0) is 10.0 Å². The van der Waals surface area contributed by atoms with E-state index in [1.165, 1.54) is 18.3 Å². The zero-order valence-corrected chi connectivity index (χ0v) is 10.4. The van der Waals surface area contributed by atoms with E-state index in [1.807, 2.05) is 0 Å². The van der Waals surface area contributed by atoms with Crippen molar-refractivity contribution >= 4 is 21.7 Å². The molecule has 0 aromatic carbocycles. The highest BCUT2D eigenvalue weighted by Crippen LogP contribution is 2.15. The minimum absolute atomic E-state index is 0.0133. The van der Waals surface area contributed by atoms with Crippen molar-refractivity contribution in [1.29, 1.82) is 0 Å². The quantitative estimate of drug-likeness (QED) is 0.826. The van der Waals surface area contributed by atoms with Gasteiger partial charge in [0.25, 0.3) is 0 Å². The molecule has 6 nitrogen and oxygen atoms in total. The van der Waals surface area contributed by atoms with Gasteiger partial charge in [-0.05, 0) is 18.1 Å². The lowest BCUT2D eigenvalue weighted by molar-refractivity contribution is 0.0692. The minimum atomic E-state index is -3.54. The number of aromatic nitrogens is 1. The van der Waals surface area contributed by atoms with Crippen molar-refractivity contribution in [2.75, 3.05) is 10.5 Å². The fraction of sp³-hybridized carbons (Fsp3) is 0.400. The summed E-state index contributed by atoms with van der Waals surface area (Å²) in [5.41, 5.74) is -0.319. The second-order valence-corrected chi connectivity index (χ2v) is 5.75. The van der Waals surface area contributed by atoms with E-state index >= 15 is 0 Å². The molecule has 0 aliphatic heterocycles. The summed E-state index contributed by atoms with van der Waals surface area (Å²) >= 11 is 0. The fourth-order valence-electron chi connectivity index (χ4n) is 1.31. The van der Waals surface area contributed by atoms with E-state index in [0.717, 1.165) is 0 Å². The molecule has 1 aromatic heterocycles. The lowest BCUT2D eigenvalue weighted by Gasteiger charge is -2.10. The third-order valence-electron chi connectivity index (χ3n) is 1.83. The van der Waals surface area contributed by atoms with Gasteiger partial charge in [0.15, 0.2) is 5.69 Å². The van der Waals surface area contributed by atoms with Crippen LogP contribution in [0.3, 0.4) is 0 Å². The van der Waals surface area contributed by atoms with Gasteiger partial charge in [-0.1, -0.05) is 13.8 Å². The number of aromatic carboxylic acids is 1. The highest BCUT2D eigenvalue weighted by Gasteiger charge is 2.18. The maximum absolute atomic E-state index is 11.7. The maximum Gasteiger partial charge on any atom is 0.356 e. The predicted octanol–water partition coefficient (Wildman–Crippen LogP) is 1.18. The standard InChI is InChI=1S/C10H14N2O4S/c1-7(2)6-17(15,16)12-8-4-3-5-11-9(8)10(13)14/h3-5,7,12H,6H2,1-2H3,(H,13,14). The predicted molar refractivity (Wildman–Crippen MR) is 63.4 cm³/mol. The average molecular weight is 258 g/mol. The second-order valence-electron chi connectivity index (χ2n) is 3.98. The molecule has 0 spiro atoms. The molecule has 2 N–H and O–H groups in total. The smallest absolute Gasteiger partial charge is 0.356 e. The van der Waals surface area contributed by atoms with Gasteiger partial charge in [0.1, 0.15) is 0 Å². The number of rotatable bonds is 5. The number of anilines is 1. The summed E-state index contributed by atoms with van der Waals surface area (Å²) in [6.45, 7) is 3.53. The highest BCUT2D eigenvalue weighted by molar-refractivity contribution is 7.92. The van der Waals surface area contributed by atoms with Crippen LogP contribution in [0.2, 0.25) is 0 Å². The molecule has 0 saturated carbocycles. The van der Waals surface area contributed by atoms with Crippen molar-refractivity contribution < 1.29 is 18.3 Å². The van der Waals surface area contributed by atoms with Gasteiger partial charge >= 0.3 is 5.97 Å². The lowest BCUT2D eigenvalue weighted by Crippen LogP contribution is -2.21. The van der Waals surface area contributed by atoms with Crippen LogP contribution in [0, 0.1) is 5.92 Å². The molecule has 0 amide bonds. The van der Waals surface area contributed by atoms with E-state index in [4.69, 9.17) is 5.11 Å². The molecular weight excluding hydrogens is 244 g/mol. The van der Waals surface area contributed by atoms with Gasteiger partial charge < -0.3 is 5.11 Å². The fourth-order valence-corrected chi connectivity index (χ4v) is 2.77. The third kappa shape index (κ3) is 4.03. The maximum atomic E-state index is 11.7. The summed E-state index contributed by atoms with van der Waals surface area (Å²) in [7, 11) is -3.54. The van der Waals surface area contributed by atoms with Gasteiger partial charge in [-0.15, -0.1) is 0 Å². The van der Waals surface area contributed by atoms with Crippen LogP contribution < -0.4 is 4.72 Å². The Morgan fingerprint density at radius 3 is 2.71 bits per heavy atom. The number of sulfonamides is 1. The molecule has 0 aliphatic rings. The van der Waals surface area contributed by atoms with E-state index in [2.05, 4.69) is 9.71 Å². The number of pyridine rings is 1. The van der Waals surface area contributed by atoms with Crippen LogP contribution in [-0.4, -0.2) is 30.2 Å². The van der Waals surface area contributed by atoms with Gasteiger partial charge in [-0.25, -0.2) is 18.2 Å². The SMILES string of the molecule is CC(C)CS(=O)(=O)Nc1cccnc1C(=O)O. The van der Waals surface area contributed by atoms with E-state index in [1.54, 1.807) is 13.8 Å². The molecule has 0 fully saturated rings. The summed E-state index contributed by atoms with van der Waals surface area (Å²) < 4.78 is 25.5. The van der Waals surface area contributed by atoms with Crippen LogP contribution in [0.1, 0.15) is 24.3 Å². The Hall–Kier alpha value is -1.63. The van der Waals surface area contributed by atoms with Crippen molar-refractivity contribution in [2.24, 2.45) is 5.92 Å². The van der Waals surface area contributed by atoms with Crippen LogP contribution in [0.25, 0.3) is 0 Å². The second kappa shape index (κ2) is 5.13. The molecule has 0 saturated heterocycles. The van der Waals surface area contributed by atoms with E-state index < -0.39 is 16.0 Å². The Kier molecular flexibility index (Phi) is 4.06. The first-order valence-corrected chi connectivity index (χ1v) is 6.66. The lowest BCUT2D eigenvalue weighted by atomic mass is 10.3. The first-order chi connectivity index (χ1) is 7.82. The van der Waals surface area contributed by atoms with Crippen molar-refractivity contribution in [3.05, 3.63) is 24.0 Å². The van der Waals surface area contributed by atoms with E-state index in [9.17, 15) is 13.2 Å². The van der Waals surface area contributed by atoms with Crippen LogP contribution in [0.4, 0.5) is 5.69 Å².